The number of rotatable bonds is 3. The van der Waals surface area contributed by atoms with Crippen molar-refractivity contribution in [3.05, 3.63) is 0 Å². The van der Waals surface area contributed by atoms with Gasteiger partial charge >= 0.3 is 0 Å². The van der Waals surface area contributed by atoms with Crippen LogP contribution in [-0.2, 0) is 4.74 Å². The summed E-state index contributed by atoms with van der Waals surface area (Å²) < 4.78 is 5.36. The summed E-state index contributed by atoms with van der Waals surface area (Å²) in [5.41, 5.74) is 0.188. The minimum absolute atomic E-state index is 0.188. The molecule has 2 saturated heterocycles. The van der Waals surface area contributed by atoms with E-state index >= 15 is 0 Å². The van der Waals surface area contributed by atoms with E-state index in [4.69, 9.17) is 4.74 Å². The van der Waals surface area contributed by atoms with Gasteiger partial charge in [-0.15, -0.1) is 0 Å². The van der Waals surface area contributed by atoms with Crippen LogP contribution in [0.1, 0.15) is 33.1 Å². The Kier molecular flexibility index (Phi) is 3.88. The average molecular weight is 226 g/mol. The van der Waals surface area contributed by atoms with Crippen molar-refractivity contribution in [3.63, 3.8) is 0 Å². The summed E-state index contributed by atoms with van der Waals surface area (Å²) in [5, 5.41) is 0. The fourth-order valence-corrected chi connectivity index (χ4v) is 3.20. The van der Waals surface area contributed by atoms with Crippen molar-refractivity contribution in [2.75, 3.05) is 39.9 Å². The van der Waals surface area contributed by atoms with Gasteiger partial charge in [-0.05, 0) is 46.2 Å². The lowest BCUT2D eigenvalue weighted by molar-refractivity contribution is 0.0297. The molecule has 2 rings (SSSR count). The zero-order valence-corrected chi connectivity index (χ0v) is 11.0. The summed E-state index contributed by atoms with van der Waals surface area (Å²) in [7, 11) is 1.81. The van der Waals surface area contributed by atoms with Gasteiger partial charge in [-0.1, -0.05) is 0 Å². The van der Waals surface area contributed by atoms with Crippen LogP contribution in [0, 0.1) is 0 Å². The van der Waals surface area contributed by atoms with Crippen LogP contribution < -0.4 is 0 Å². The molecule has 2 aliphatic rings. The quantitative estimate of drug-likeness (QED) is 0.727. The maximum atomic E-state index is 5.36. The van der Waals surface area contributed by atoms with Gasteiger partial charge in [0.15, 0.2) is 0 Å². The molecule has 0 amide bonds. The predicted molar refractivity (Wildman–Crippen MR) is 66.7 cm³/mol. The van der Waals surface area contributed by atoms with Gasteiger partial charge in [-0.3, -0.25) is 9.80 Å². The summed E-state index contributed by atoms with van der Waals surface area (Å²) >= 11 is 0. The Hall–Kier alpha value is -0.120. The maximum absolute atomic E-state index is 5.36. The second-order valence-corrected chi connectivity index (χ2v) is 5.88. The number of nitrogens with zero attached hydrogens (tertiary/aromatic N) is 2. The normalized spacial score (nSPS) is 29.1. The molecule has 0 spiro atoms. The minimum Gasteiger partial charge on any atom is -0.383 e. The Morgan fingerprint density at radius 1 is 1.19 bits per heavy atom. The Balaban J connectivity index is 1.99. The lowest BCUT2D eigenvalue weighted by atomic mass is 10.0. The molecular weight excluding hydrogens is 200 g/mol. The number of ether oxygens (including phenoxy) is 1. The van der Waals surface area contributed by atoms with Gasteiger partial charge in [0.05, 0.1) is 6.61 Å². The molecule has 0 saturated carbocycles. The average Bonchev–Trinajstić information content (AvgIpc) is 2.55. The number of fused-ring (bicyclic) bond motifs is 1. The number of hydrogen-bond acceptors (Lipinski definition) is 3. The van der Waals surface area contributed by atoms with Crippen LogP contribution in [0.25, 0.3) is 0 Å². The lowest BCUT2D eigenvalue weighted by Crippen LogP contribution is -2.50. The zero-order valence-electron chi connectivity index (χ0n) is 11.0. The molecule has 2 fully saturated rings. The largest absolute Gasteiger partial charge is 0.383 e. The highest BCUT2D eigenvalue weighted by atomic mass is 16.5. The van der Waals surface area contributed by atoms with Gasteiger partial charge < -0.3 is 4.74 Å². The van der Waals surface area contributed by atoms with Crippen molar-refractivity contribution in [3.8, 4) is 0 Å². The minimum atomic E-state index is 0.188. The predicted octanol–water partition coefficient (Wildman–Crippen LogP) is 1.58. The van der Waals surface area contributed by atoms with Crippen LogP contribution in [0.15, 0.2) is 0 Å². The highest BCUT2D eigenvalue weighted by Crippen LogP contribution is 2.25. The number of hydrogen-bond donors (Lipinski definition) is 0. The Morgan fingerprint density at radius 2 is 1.94 bits per heavy atom. The van der Waals surface area contributed by atoms with Gasteiger partial charge in [0.1, 0.15) is 0 Å². The first-order chi connectivity index (χ1) is 7.63. The first-order valence-electron chi connectivity index (χ1n) is 6.61. The van der Waals surface area contributed by atoms with Crippen LogP contribution in [-0.4, -0.2) is 61.3 Å². The molecule has 3 nitrogen and oxygen atoms in total. The molecule has 3 heteroatoms. The topological polar surface area (TPSA) is 15.7 Å². The van der Waals surface area contributed by atoms with Crippen LogP contribution in [0.4, 0.5) is 0 Å². The van der Waals surface area contributed by atoms with E-state index in [2.05, 4.69) is 23.6 Å². The van der Waals surface area contributed by atoms with Crippen molar-refractivity contribution in [1.29, 1.82) is 0 Å². The molecule has 0 radical (unpaired) electrons. The van der Waals surface area contributed by atoms with Crippen LogP contribution in [0.3, 0.4) is 0 Å². The van der Waals surface area contributed by atoms with Crippen molar-refractivity contribution in [2.24, 2.45) is 0 Å². The number of methoxy groups -OCH3 is 1. The smallest absolute Gasteiger partial charge is 0.0641 e. The van der Waals surface area contributed by atoms with E-state index < -0.39 is 0 Å². The molecule has 0 bridgehead atoms. The summed E-state index contributed by atoms with van der Waals surface area (Å²) in [6.45, 7) is 10.5. The second-order valence-electron chi connectivity index (χ2n) is 5.88. The van der Waals surface area contributed by atoms with Crippen LogP contribution in [0.5, 0.6) is 0 Å². The Labute approximate surface area is 99.7 Å². The van der Waals surface area contributed by atoms with E-state index in [0.717, 1.165) is 12.6 Å². The highest BCUT2D eigenvalue weighted by molar-refractivity contribution is 4.90. The van der Waals surface area contributed by atoms with Gasteiger partial charge in [0, 0.05) is 31.8 Å². The van der Waals surface area contributed by atoms with E-state index in [0.29, 0.717) is 0 Å². The highest BCUT2D eigenvalue weighted by Gasteiger charge is 2.34. The van der Waals surface area contributed by atoms with Crippen LogP contribution in [0.2, 0.25) is 0 Å². The molecular formula is C13H26N2O. The van der Waals surface area contributed by atoms with Gasteiger partial charge in [-0.25, -0.2) is 0 Å². The van der Waals surface area contributed by atoms with E-state index in [1.165, 1.54) is 45.4 Å². The maximum Gasteiger partial charge on any atom is 0.0641 e. The third kappa shape index (κ3) is 2.58. The fourth-order valence-electron chi connectivity index (χ4n) is 3.20. The molecule has 0 aromatic carbocycles. The van der Waals surface area contributed by atoms with E-state index in [9.17, 15) is 0 Å². The van der Waals surface area contributed by atoms with Gasteiger partial charge in [-0.2, -0.15) is 0 Å². The zero-order chi connectivity index (χ0) is 11.6. The molecule has 1 unspecified atom stereocenters. The summed E-state index contributed by atoms with van der Waals surface area (Å²) in [6, 6.07) is 0.804. The molecule has 0 aromatic rings. The molecule has 94 valence electrons. The van der Waals surface area contributed by atoms with Crippen molar-refractivity contribution in [1.82, 2.24) is 9.80 Å². The van der Waals surface area contributed by atoms with Crippen molar-refractivity contribution < 1.29 is 4.74 Å². The Morgan fingerprint density at radius 3 is 2.69 bits per heavy atom. The lowest BCUT2D eigenvalue weighted by Gasteiger charge is -2.38. The fraction of sp³-hybridized carbons (Fsp3) is 1.00. The monoisotopic (exact) mass is 226 g/mol. The molecule has 1 atom stereocenters. The van der Waals surface area contributed by atoms with E-state index in [1.54, 1.807) is 7.11 Å². The van der Waals surface area contributed by atoms with Crippen molar-refractivity contribution >= 4 is 0 Å². The van der Waals surface area contributed by atoms with E-state index in [-0.39, 0.29) is 5.54 Å². The molecule has 2 heterocycles. The van der Waals surface area contributed by atoms with E-state index in [1.807, 2.05) is 0 Å². The molecule has 0 aliphatic carbocycles. The standard InChI is InChI=1S/C13H26N2O/c1-13(2,11-16-3)15-9-5-8-14-7-4-6-12(14)10-15/h12H,4-11H2,1-3H3. The SMILES string of the molecule is COCC(C)(C)N1CCCN2CCCC2C1. The second kappa shape index (κ2) is 5.03. The first kappa shape index (κ1) is 12.3. The summed E-state index contributed by atoms with van der Waals surface area (Å²) in [4.78, 5) is 5.31. The molecule has 2 aliphatic heterocycles. The van der Waals surface area contributed by atoms with Crippen LogP contribution >= 0.6 is 0 Å². The van der Waals surface area contributed by atoms with Crippen molar-refractivity contribution in [2.45, 2.75) is 44.7 Å². The summed E-state index contributed by atoms with van der Waals surface area (Å²) in [5.74, 6) is 0. The third-order valence-electron chi connectivity index (χ3n) is 4.16. The molecule has 0 aromatic heterocycles. The first-order valence-corrected chi connectivity index (χ1v) is 6.61. The van der Waals surface area contributed by atoms with Gasteiger partial charge in [0.25, 0.3) is 0 Å². The summed E-state index contributed by atoms with van der Waals surface area (Å²) in [6.07, 6.45) is 4.09. The Bertz CT molecular complexity index is 230. The third-order valence-corrected chi connectivity index (χ3v) is 4.16. The molecule has 0 N–H and O–H groups in total. The molecule has 16 heavy (non-hydrogen) atoms. The van der Waals surface area contributed by atoms with Gasteiger partial charge in [0.2, 0.25) is 0 Å².